The molecule has 0 bridgehead atoms. The van der Waals surface area contributed by atoms with Gasteiger partial charge in [0.25, 0.3) is 5.24 Å². The van der Waals surface area contributed by atoms with E-state index in [1.807, 2.05) is 0 Å². The summed E-state index contributed by atoms with van der Waals surface area (Å²) >= 11 is 8.01. The van der Waals surface area contributed by atoms with Crippen molar-refractivity contribution in [3.05, 3.63) is 29.3 Å². The number of benzene rings is 1. The molecule has 1 aromatic carbocycles. The van der Waals surface area contributed by atoms with Crippen LogP contribution in [0.15, 0.2) is 29.4 Å². The first-order valence-electron chi connectivity index (χ1n) is 7.45. The fourth-order valence-corrected chi connectivity index (χ4v) is 3.70. The van der Waals surface area contributed by atoms with E-state index in [4.69, 9.17) is 11.6 Å². The lowest BCUT2D eigenvalue weighted by Gasteiger charge is -2.12. The number of halogens is 1. The Kier molecular flexibility index (Phi) is 6.12. The van der Waals surface area contributed by atoms with Crippen molar-refractivity contribution >= 4 is 52.2 Å². The Morgan fingerprint density at radius 1 is 1.31 bits per heavy atom. The third kappa shape index (κ3) is 4.54. The summed E-state index contributed by atoms with van der Waals surface area (Å²) in [7, 11) is 0. The predicted octanol–water partition coefficient (Wildman–Crippen LogP) is 1.22. The highest BCUT2D eigenvalue weighted by Crippen LogP contribution is 2.20. The Hall–Kier alpha value is -2.11. The number of aromatic nitrogens is 4. The number of tetrazole rings is 1. The van der Waals surface area contributed by atoms with Crippen molar-refractivity contribution in [1.82, 2.24) is 30.4 Å². The average molecular weight is 413 g/mol. The Labute approximate surface area is 161 Å². The molecule has 1 fully saturated rings. The van der Waals surface area contributed by atoms with Gasteiger partial charge in [-0.3, -0.25) is 19.3 Å². The van der Waals surface area contributed by atoms with Crippen molar-refractivity contribution in [2.24, 2.45) is 0 Å². The molecule has 0 saturated carbocycles. The maximum atomic E-state index is 11.9. The largest absolute Gasteiger partial charge is 0.354 e. The van der Waals surface area contributed by atoms with Crippen LogP contribution in [0.25, 0.3) is 5.69 Å². The second-order valence-corrected chi connectivity index (χ2v) is 7.39. The number of amides is 3. The van der Waals surface area contributed by atoms with E-state index < -0.39 is 0 Å². The van der Waals surface area contributed by atoms with Crippen LogP contribution in [0.2, 0.25) is 5.02 Å². The highest BCUT2D eigenvalue weighted by atomic mass is 35.5. The molecule has 2 aromatic rings. The molecule has 136 valence electrons. The molecule has 0 unspecified atom stereocenters. The zero-order chi connectivity index (χ0) is 18.5. The molecule has 3 amide bonds. The van der Waals surface area contributed by atoms with Crippen LogP contribution in [-0.2, 0) is 9.59 Å². The van der Waals surface area contributed by atoms with E-state index in [0.29, 0.717) is 10.2 Å². The smallest absolute Gasteiger partial charge is 0.288 e. The van der Waals surface area contributed by atoms with Gasteiger partial charge in [-0.25, -0.2) is 0 Å². The lowest BCUT2D eigenvalue weighted by atomic mass is 10.3. The molecule has 0 spiro atoms. The average Bonchev–Trinajstić information content (AvgIpc) is 3.22. The molecule has 0 aliphatic carbocycles. The third-order valence-electron chi connectivity index (χ3n) is 3.34. The number of carbonyl (C=O) groups excluding carboxylic acids is 3. The van der Waals surface area contributed by atoms with Gasteiger partial charge in [-0.1, -0.05) is 35.1 Å². The highest BCUT2D eigenvalue weighted by molar-refractivity contribution is 8.14. The lowest BCUT2D eigenvalue weighted by Crippen LogP contribution is -2.38. The molecule has 0 atom stereocenters. The van der Waals surface area contributed by atoms with Crippen LogP contribution in [-0.4, -0.2) is 66.8 Å². The monoisotopic (exact) mass is 412 g/mol. The van der Waals surface area contributed by atoms with Gasteiger partial charge in [0.2, 0.25) is 17.0 Å². The molecule has 9 nitrogen and oxygen atoms in total. The molecule has 0 radical (unpaired) electrons. The molecule has 2 heterocycles. The van der Waals surface area contributed by atoms with Gasteiger partial charge >= 0.3 is 0 Å². The van der Waals surface area contributed by atoms with Crippen LogP contribution in [0, 0.1) is 0 Å². The maximum Gasteiger partial charge on any atom is 0.288 e. The minimum atomic E-state index is -0.277. The zero-order valence-corrected chi connectivity index (χ0v) is 15.7. The Morgan fingerprint density at radius 3 is 2.77 bits per heavy atom. The fraction of sp³-hybridized carbons (Fsp3) is 0.286. The molecule has 3 rings (SSSR count). The van der Waals surface area contributed by atoms with E-state index in [1.54, 1.807) is 24.3 Å². The summed E-state index contributed by atoms with van der Waals surface area (Å²) in [4.78, 5) is 36.0. The second kappa shape index (κ2) is 8.52. The number of rotatable bonds is 7. The van der Waals surface area contributed by atoms with Crippen molar-refractivity contribution in [3.63, 3.8) is 0 Å². The summed E-state index contributed by atoms with van der Waals surface area (Å²) in [6, 6.07) is 6.98. The number of carbonyl (C=O) groups is 3. The summed E-state index contributed by atoms with van der Waals surface area (Å²) in [6.45, 7) is 0.378. The Bertz CT molecular complexity index is 812. The van der Waals surface area contributed by atoms with Crippen molar-refractivity contribution in [1.29, 1.82) is 0 Å². The molecule has 1 aromatic heterocycles. The van der Waals surface area contributed by atoms with Crippen molar-refractivity contribution in [3.8, 4) is 5.69 Å². The van der Waals surface area contributed by atoms with Gasteiger partial charge in [0.1, 0.15) is 0 Å². The molecule has 12 heteroatoms. The third-order valence-corrected chi connectivity index (χ3v) is 5.37. The first kappa shape index (κ1) is 18.7. The number of hydrogen-bond donors (Lipinski definition) is 1. The number of thioether (sulfide) groups is 2. The first-order chi connectivity index (χ1) is 12.5. The van der Waals surface area contributed by atoms with E-state index >= 15 is 0 Å². The summed E-state index contributed by atoms with van der Waals surface area (Å²) in [5, 5.41) is 14.9. The summed E-state index contributed by atoms with van der Waals surface area (Å²) < 4.78 is 1.51. The normalized spacial score (nSPS) is 14.1. The first-order valence-corrected chi connectivity index (χ1v) is 9.80. The van der Waals surface area contributed by atoms with Crippen LogP contribution < -0.4 is 5.32 Å². The quantitative estimate of drug-likeness (QED) is 0.676. The van der Waals surface area contributed by atoms with Crippen molar-refractivity contribution in [2.45, 2.75) is 5.16 Å². The molecular weight excluding hydrogens is 400 g/mol. The van der Waals surface area contributed by atoms with E-state index in [1.165, 1.54) is 16.4 Å². The molecule has 1 N–H and O–H groups in total. The topological polar surface area (TPSA) is 110 Å². The summed E-state index contributed by atoms with van der Waals surface area (Å²) in [5.74, 6) is -0.209. The standard InChI is InChI=1S/C14H13ClN6O3S2/c15-9-1-3-10(4-2-9)21-13(17-18-19-21)25-7-11(22)16-5-6-20-12(23)8-26-14(20)24/h1-4H,5-8H2,(H,16,22). The molecule has 1 saturated heterocycles. The second-order valence-electron chi connectivity index (χ2n) is 5.09. The van der Waals surface area contributed by atoms with Gasteiger partial charge in [-0.15, -0.1) is 5.10 Å². The SMILES string of the molecule is O=C(CSc1nnnn1-c1ccc(Cl)cc1)NCCN1C(=O)CSC1=O. The number of imide groups is 1. The van der Waals surface area contributed by atoms with Gasteiger partial charge < -0.3 is 5.32 Å². The van der Waals surface area contributed by atoms with Crippen LogP contribution in [0.3, 0.4) is 0 Å². The number of hydrogen-bond acceptors (Lipinski definition) is 8. The molecule has 26 heavy (non-hydrogen) atoms. The predicted molar refractivity (Wildman–Crippen MR) is 97.5 cm³/mol. The van der Waals surface area contributed by atoms with Gasteiger partial charge in [0.05, 0.1) is 17.2 Å². The number of nitrogens with one attached hydrogen (secondary N) is 1. The van der Waals surface area contributed by atoms with Gasteiger partial charge in [-0.05, 0) is 34.7 Å². The van der Waals surface area contributed by atoms with E-state index in [-0.39, 0.29) is 41.6 Å². The summed E-state index contributed by atoms with van der Waals surface area (Å²) in [5.41, 5.74) is 0.728. The molecule has 1 aliphatic heterocycles. The maximum absolute atomic E-state index is 11.9. The highest BCUT2D eigenvalue weighted by Gasteiger charge is 2.29. The summed E-state index contributed by atoms with van der Waals surface area (Å²) in [6.07, 6.45) is 0. The van der Waals surface area contributed by atoms with Crippen molar-refractivity contribution in [2.75, 3.05) is 24.6 Å². The van der Waals surface area contributed by atoms with Gasteiger partial charge in [-0.2, -0.15) is 4.68 Å². The van der Waals surface area contributed by atoms with E-state index in [2.05, 4.69) is 20.8 Å². The van der Waals surface area contributed by atoms with E-state index in [0.717, 1.165) is 22.3 Å². The Balaban J connectivity index is 1.48. The molecule has 1 aliphatic rings. The minimum Gasteiger partial charge on any atom is -0.354 e. The van der Waals surface area contributed by atoms with Gasteiger partial charge in [0, 0.05) is 18.1 Å². The van der Waals surface area contributed by atoms with Crippen LogP contribution >= 0.6 is 35.1 Å². The fourth-order valence-electron chi connectivity index (χ4n) is 2.10. The zero-order valence-electron chi connectivity index (χ0n) is 13.3. The van der Waals surface area contributed by atoms with Crippen LogP contribution in [0.4, 0.5) is 4.79 Å². The minimum absolute atomic E-state index is 0.102. The van der Waals surface area contributed by atoms with Gasteiger partial charge in [0.15, 0.2) is 0 Å². The van der Waals surface area contributed by atoms with Crippen LogP contribution in [0.1, 0.15) is 0 Å². The van der Waals surface area contributed by atoms with Crippen molar-refractivity contribution < 1.29 is 14.4 Å². The Morgan fingerprint density at radius 2 is 2.08 bits per heavy atom. The van der Waals surface area contributed by atoms with E-state index in [9.17, 15) is 14.4 Å². The molecular formula is C14H13ClN6O3S2. The lowest BCUT2D eigenvalue weighted by molar-refractivity contribution is -0.125. The number of nitrogens with zero attached hydrogens (tertiary/aromatic N) is 5. The van der Waals surface area contributed by atoms with Crippen LogP contribution in [0.5, 0.6) is 0 Å².